The molecule has 0 saturated carbocycles. The number of hydrazone groups is 1. The molecule has 0 saturated heterocycles. The van der Waals surface area contributed by atoms with Gasteiger partial charge in [-0.2, -0.15) is 23.5 Å². The van der Waals surface area contributed by atoms with E-state index in [2.05, 4.69) is 15.3 Å². The topological polar surface area (TPSA) is 138 Å². The van der Waals surface area contributed by atoms with Gasteiger partial charge in [0.15, 0.2) is 0 Å². The molecule has 31 heavy (non-hydrogen) atoms. The summed E-state index contributed by atoms with van der Waals surface area (Å²) in [7, 11) is 0. The van der Waals surface area contributed by atoms with Crippen molar-refractivity contribution in [2.45, 2.75) is 26.4 Å². The summed E-state index contributed by atoms with van der Waals surface area (Å²) >= 11 is 0. The highest BCUT2D eigenvalue weighted by Crippen LogP contribution is 2.36. The average molecular weight is 434 g/mol. The van der Waals surface area contributed by atoms with Crippen molar-refractivity contribution in [1.82, 2.24) is 0 Å². The number of benzene rings is 2. The SMILES string of the molecule is Cc1cc(NN=C(C#N)C(=O)OC(N)=O)cc(C)c1Cc1ccc(O)c(C(F)(F)F)c1. The third kappa shape index (κ3) is 5.96. The molecular formula is C20H17F3N4O4. The zero-order chi connectivity index (χ0) is 23.3. The molecule has 162 valence electrons. The summed E-state index contributed by atoms with van der Waals surface area (Å²) in [5, 5.41) is 22.0. The molecule has 0 aromatic heterocycles. The smallest absolute Gasteiger partial charge is 0.419 e. The van der Waals surface area contributed by atoms with Crippen molar-refractivity contribution >= 4 is 23.5 Å². The van der Waals surface area contributed by atoms with Gasteiger partial charge in [0.25, 0.3) is 0 Å². The lowest BCUT2D eigenvalue weighted by atomic mass is 9.94. The summed E-state index contributed by atoms with van der Waals surface area (Å²) < 4.78 is 43.1. The zero-order valence-corrected chi connectivity index (χ0v) is 16.4. The highest BCUT2D eigenvalue weighted by atomic mass is 19.4. The van der Waals surface area contributed by atoms with Gasteiger partial charge >= 0.3 is 18.2 Å². The number of hydrogen-bond donors (Lipinski definition) is 3. The molecule has 0 aliphatic rings. The lowest BCUT2D eigenvalue weighted by Crippen LogP contribution is -2.24. The van der Waals surface area contributed by atoms with E-state index in [9.17, 15) is 27.9 Å². The first kappa shape index (κ1) is 23.2. The third-order valence-electron chi connectivity index (χ3n) is 4.23. The van der Waals surface area contributed by atoms with Gasteiger partial charge in [0.2, 0.25) is 5.71 Å². The number of aromatic hydroxyl groups is 1. The average Bonchev–Trinajstić information content (AvgIpc) is 2.65. The van der Waals surface area contributed by atoms with Crippen LogP contribution in [0.25, 0.3) is 0 Å². The Labute approximate surface area is 174 Å². The second kappa shape index (κ2) is 9.17. The van der Waals surface area contributed by atoms with Crippen molar-refractivity contribution in [2.24, 2.45) is 10.8 Å². The van der Waals surface area contributed by atoms with Crippen LogP contribution >= 0.6 is 0 Å². The largest absolute Gasteiger partial charge is 0.507 e. The van der Waals surface area contributed by atoms with Gasteiger partial charge < -0.3 is 15.6 Å². The predicted octanol–water partition coefficient (Wildman–Crippen LogP) is 3.53. The number of alkyl halides is 3. The Morgan fingerprint density at radius 2 is 1.84 bits per heavy atom. The molecule has 0 aliphatic carbocycles. The van der Waals surface area contributed by atoms with Gasteiger partial charge in [0.05, 0.1) is 11.3 Å². The minimum absolute atomic E-state index is 0.180. The van der Waals surface area contributed by atoms with E-state index < -0.39 is 35.3 Å². The molecule has 0 unspecified atom stereocenters. The minimum Gasteiger partial charge on any atom is -0.507 e. The van der Waals surface area contributed by atoms with Crippen molar-refractivity contribution in [3.05, 3.63) is 58.1 Å². The van der Waals surface area contributed by atoms with E-state index in [1.54, 1.807) is 26.0 Å². The van der Waals surface area contributed by atoms with Crippen molar-refractivity contribution < 1.29 is 32.6 Å². The monoisotopic (exact) mass is 434 g/mol. The zero-order valence-electron chi connectivity index (χ0n) is 16.4. The number of anilines is 1. The van der Waals surface area contributed by atoms with Crippen LogP contribution in [0.3, 0.4) is 0 Å². The number of carbonyl (C=O) groups excluding carboxylic acids is 2. The number of nitrogens with one attached hydrogen (secondary N) is 1. The van der Waals surface area contributed by atoms with E-state index in [4.69, 9.17) is 11.0 Å². The van der Waals surface area contributed by atoms with Gasteiger partial charge in [-0.05, 0) is 66.8 Å². The minimum atomic E-state index is -4.68. The summed E-state index contributed by atoms with van der Waals surface area (Å²) in [6.45, 7) is 3.46. The number of ether oxygens (including phenoxy) is 1. The van der Waals surface area contributed by atoms with Crippen molar-refractivity contribution in [3.63, 3.8) is 0 Å². The standard InChI is InChI=1S/C20H17F3N4O4/c1-10-5-13(26-27-16(9-24)18(29)31-19(25)30)6-11(2)14(10)7-12-3-4-17(28)15(8-12)20(21,22)23/h3-6,8,26,28H,7H2,1-2H3,(H2,25,30). The number of aryl methyl sites for hydroxylation is 2. The van der Waals surface area contributed by atoms with Crippen molar-refractivity contribution in [2.75, 3.05) is 5.43 Å². The van der Waals surface area contributed by atoms with Crippen LogP contribution in [0.2, 0.25) is 0 Å². The summed E-state index contributed by atoms with van der Waals surface area (Å²) in [4.78, 5) is 22.1. The highest BCUT2D eigenvalue weighted by Gasteiger charge is 2.34. The normalized spacial score (nSPS) is 11.5. The maximum atomic E-state index is 13.0. The highest BCUT2D eigenvalue weighted by molar-refractivity contribution is 6.44. The Morgan fingerprint density at radius 1 is 1.23 bits per heavy atom. The summed E-state index contributed by atoms with van der Waals surface area (Å²) in [6, 6.07) is 8.00. The van der Waals surface area contributed by atoms with Crippen LogP contribution in [0.5, 0.6) is 5.75 Å². The maximum Gasteiger partial charge on any atom is 0.419 e. The second-order valence-electron chi connectivity index (χ2n) is 6.51. The number of nitrogens with two attached hydrogens (primary N) is 1. The van der Waals surface area contributed by atoms with Crippen LogP contribution in [-0.4, -0.2) is 22.9 Å². The first-order chi connectivity index (χ1) is 14.4. The Morgan fingerprint density at radius 3 is 2.35 bits per heavy atom. The van der Waals surface area contributed by atoms with Crippen LogP contribution < -0.4 is 11.2 Å². The number of nitrogens with zero attached hydrogens (tertiary/aromatic N) is 2. The van der Waals surface area contributed by atoms with Crippen molar-refractivity contribution in [1.29, 1.82) is 5.26 Å². The molecule has 0 atom stereocenters. The van der Waals surface area contributed by atoms with E-state index in [1.807, 2.05) is 0 Å². The van der Waals surface area contributed by atoms with Gasteiger partial charge in [-0.25, -0.2) is 9.59 Å². The number of phenolic OH excluding ortho intramolecular Hbond substituents is 1. The number of esters is 1. The molecule has 0 heterocycles. The summed E-state index contributed by atoms with van der Waals surface area (Å²) in [6.07, 6.45) is -5.88. The van der Waals surface area contributed by atoms with Crippen LogP contribution in [-0.2, 0) is 22.1 Å². The van der Waals surface area contributed by atoms with Crippen LogP contribution in [0.1, 0.15) is 27.8 Å². The summed E-state index contributed by atoms with van der Waals surface area (Å²) in [5.74, 6) is -2.16. The molecule has 1 amide bonds. The Kier molecular flexibility index (Phi) is 6.86. The molecule has 4 N–H and O–H groups in total. The molecule has 8 nitrogen and oxygen atoms in total. The summed E-state index contributed by atoms with van der Waals surface area (Å²) in [5.41, 5.74) is 8.27. The molecule has 2 aromatic rings. The van der Waals surface area contributed by atoms with Gasteiger partial charge in [0, 0.05) is 0 Å². The lowest BCUT2D eigenvalue weighted by molar-refractivity contribution is -0.138. The fourth-order valence-corrected chi connectivity index (χ4v) is 2.84. The molecule has 0 fully saturated rings. The molecular weight excluding hydrogens is 417 g/mol. The van der Waals surface area contributed by atoms with Gasteiger partial charge in [0.1, 0.15) is 11.8 Å². The number of phenols is 1. The van der Waals surface area contributed by atoms with E-state index in [0.717, 1.165) is 17.7 Å². The number of hydrogen-bond acceptors (Lipinski definition) is 7. The Bertz CT molecular complexity index is 1080. The van der Waals surface area contributed by atoms with Crippen LogP contribution in [0.4, 0.5) is 23.7 Å². The van der Waals surface area contributed by atoms with E-state index >= 15 is 0 Å². The number of rotatable bonds is 5. The number of carbonyl (C=O) groups is 2. The van der Waals surface area contributed by atoms with Gasteiger partial charge in [-0.1, -0.05) is 6.07 Å². The fourth-order valence-electron chi connectivity index (χ4n) is 2.84. The third-order valence-corrected chi connectivity index (χ3v) is 4.23. The Hall–Kier alpha value is -4.07. The molecule has 0 spiro atoms. The quantitative estimate of drug-likeness (QED) is 0.285. The van der Waals surface area contributed by atoms with Crippen molar-refractivity contribution in [3.8, 4) is 11.8 Å². The number of primary amides is 1. The van der Waals surface area contributed by atoms with E-state index in [-0.39, 0.29) is 6.42 Å². The van der Waals surface area contributed by atoms with Crippen LogP contribution in [0.15, 0.2) is 35.4 Å². The lowest BCUT2D eigenvalue weighted by Gasteiger charge is -2.15. The molecule has 2 rings (SSSR count). The fraction of sp³-hybridized carbons (Fsp3) is 0.200. The molecule has 0 bridgehead atoms. The predicted molar refractivity (Wildman–Crippen MR) is 104 cm³/mol. The Balaban J connectivity index is 2.27. The van der Waals surface area contributed by atoms with Crippen LogP contribution in [0, 0.1) is 25.2 Å². The maximum absolute atomic E-state index is 13.0. The first-order valence-corrected chi connectivity index (χ1v) is 8.67. The first-order valence-electron chi connectivity index (χ1n) is 8.67. The van der Waals surface area contributed by atoms with Gasteiger partial charge in [-0.3, -0.25) is 5.43 Å². The number of halogens is 3. The molecule has 11 heteroatoms. The van der Waals surface area contributed by atoms with Gasteiger partial charge in [-0.15, -0.1) is 0 Å². The van der Waals surface area contributed by atoms with E-state index in [1.165, 1.54) is 12.1 Å². The number of amides is 1. The number of nitriles is 1. The molecule has 0 aliphatic heterocycles. The van der Waals surface area contributed by atoms with E-state index in [0.29, 0.717) is 22.4 Å². The second-order valence-corrected chi connectivity index (χ2v) is 6.51. The molecule has 0 radical (unpaired) electrons. The molecule has 2 aromatic carbocycles.